The molecule has 2 aromatic rings. The van der Waals surface area contributed by atoms with Crippen LogP contribution in [0.5, 0.6) is 0 Å². The van der Waals surface area contributed by atoms with Crippen LogP contribution in [0.2, 0.25) is 0 Å². The minimum absolute atomic E-state index is 0.291. The van der Waals surface area contributed by atoms with E-state index in [1.165, 1.54) is 12.1 Å². The summed E-state index contributed by atoms with van der Waals surface area (Å²) >= 11 is 0. The number of halogens is 1. The number of nitrogens with zero attached hydrogens (tertiary/aromatic N) is 3. The predicted octanol–water partition coefficient (Wildman–Crippen LogP) is 1.91. The minimum atomic E-state index is -0.637. The van der Waals surface area contributed by atoms with Gasteiger partial charge in [-0.1, -0.05) is 12.1 Å². The zero-order valence-electron chi connectivity index (χ0n) is 12.9. The Morgan fingerprint density at radius 1 is 1.30 bits per heavy atom. The van der Waals surface area contributed by atoms with E-state index in [-0.39, 0.29) is 5.82 Å². The summed E-state index contributed by atoms with van der Waals surface area (Å²) in [6.45, 7) is 2.26. The summed E-state index contributed by atoms with van der Waals surface area (Å²) in [6, 6.07) is 10.1. The smallest absolute Gasteiger partial charge is 0.151 e. The Labute approximate surface area is 135 Å². The number of rotatable bonds is 5. The predicted molar refractivity (Wildman–Crippen MR) is 86.6 cm³/mol. The molecule has 0 spiro atoms. The molecule has 0 radical (unpaired) electrons. The summed E-state index contributed by atoms with van der Waals surface area (Å²) in [7, 11) is 0. The number of nitrogens with one attached hydrogen (secondary N) is 1. The minimum Gasteiger partial charge on any atom is -0.387 e. The van der Waals surface area contributed by atoms with Crippen molar-refractivity contribution in [1.29, 1.82) is 0 Å². The van der Waals surface area contributed by atoms with E-state index < -0.39 is 6.10 Å². The van der Waals surface area contributed by atoms with Crippen LogP contribution in [0.1, 0.15) is 24.5 Å². The van der Waals surface area contributed by atoms with Crippen molar-refractivity contribution in [1.82, 2.24) is 15.5 Å². The van der Waals surface area contributed by atoms with Crippen molar-refractivity contribution in [2.75, 3.05) is 24.5 Å². The highest BCUT2D eigenvalue weighted by Gasteiger charge is 2.21. The largest absolute Gasteiger partial charge is 0.387 e. The van der Waals surface area contributed by atoms with Gasteiger partial charge in [0.2, 0.25) is 0 Å². The van der Waals surface area contributed by atoms with Gasteiger partial charge in [-0.25, -0.2) is 4.39 Å². The van der Waals surface area contributed by atoms with E-state index in [2.05, 4.69) is 20.4 Å². The van der Waals surface area contributed by atoms with Gasteiger partial charge in [0.05, 0.1) is 6.10 Å². The molecule has 1 aliphatic heterocycles. The molecule has 1 aromatic heterocycles. The van der Waals surface area contributed by atoms with Crippen molar-refractivity contribution < 1.29 is 9.50 Å². The average molecular weight is 316 g/mol. The van der Waals surface area contributed by atoms with Crippen molar-refractivity contribution >= 4 is 5.82 Å². The molecule has 23 heavy (non-hydrogen) atoms. The normalized spacial score (nSPS) is 19.6. The van der Waals surface area contributed by atoms with E-state index in [0.29, 0.717) is 12.6 Å². The number of piperidine rings is 1. The summed E-state index contributed by atoms with van der Waals surface area (Å²) in [5.74, 6) is 0.596. The Morgan fingerprint density at radius 3 is 2.87 bits per heavy atom. The molecule has 2 atom stereocenters. The third kappa shape index (κ3) is 4.24. The Kier molecular flexibility index (Phi) is 5.15. The van der Waals surface area contributed by atoms with Crippen molar-refractivity contribution in [2.45, 2.75) is 25.0 Å². The first-order chi connectivity index (χ1) is 11.2. The third-order valence-electron chi connectivity index (χ3n) is 4.16. The number of aromatic nitrogens is 2. The van der Waals surface area contributed by atoms with Gasteiger partial charge >= 0.3 is 0 Å². The van der Waals surface area contributed by atoms with Gasteiger partial charge in [0.25, 0.3) is 0 Å². The quantitative estimate of drug-likeness (QED) is 0.882. The van der Waals surface area contributed by atoms with Crippen LogP contribution in [0.3, 0.4) is 0 Å². The number of aliphatic hydroxyl groups excluding tert-OH is 1. The van der Waals surface area contributed by atoms with Gasteiger partial charge in [-0.3, -0.25) is 0 Å². The van der Waals surface area contributed by atoms with Crippen molar-refractivity contribution in [3.63, 3.8) is 0 Å². The Morgan fingerprint density at radius 2 is 2.13 bits per heavy atom. The van der Waals surface area contributed by atoms with Crippen LogP contribution in [0.25, 0.3) is 0 Å². The molecule has 2 N–H and O–H groups in total. The summed E-state index contributed by atoms with van der Waals surface area (Å²) < 4.78 is 12.9. The van der Waals surface area contributed by atoms with E-state index >= 15 is 0 Å². The summed E-state index contributed by atoms with van der Waals surface area (Å²) in [5, 5.41) is 21.7. The average Bonchev–Trinajstić information content (AvgIpc) is 2.61. The number of benzene rings is 1. The van der Waals surface area contributed by atoms with E-state index in [9.17, 15) is 9.50 Å². The molecule has 0 bridgehead atoms. The van der Waals surface area contributed by atoms with Crippen LogP contribution in [0.4, 0.5) is 10.2 Å². The maximum absolute atomic E-state index is 12.9. The highest BCUT2D eigenvalue weighted by Crippen LogP contribution is 2.18. The van der Waals surface area contributed by atoms with Gasteiger partial charge in [-0.15, -0.1) is 5.10 Å². The molecule has 3 rings (SSSR count). The molecule has 0 saturated carbocycles. The number of hydrogen-bond donors (Lipinski definition) is 2. The van der Waals surface area contributed by atoms with E-state index in [1.54, 1.807) is 18.3 Å². The zero-order valence-corrected chi connectivity index (χ0v) is 12.9. The van der Waals surface area contributed by atoms with Crippen LogP contribution in [0, 0.1) is 5.82 Å². The molecule has 1 fully saturated rings. The van der Waals surface area contributed by atoms with Crippen molar-refractivity contribution in [3.8, 4) is 0 Å². The monoisotopic (exact) mass is 316 g/mol. The summed E-state index contributed by atoms with van der Waals surface area (Å²) in [5.41, 5.74) is 0.723. The first kappa shape index (κ1) is 15.8. The molecular formula is C17H21FN4O. The van der Waals surface area contributed by atoms with Crippen LogP contribution >= 0.6 is 0 Å². The maximum atomic E-state index is 12.9. The molecule has 5 nitrogen and oxygen atoms in total. The van der Waals surface area contributed by atoms with E-state index in [4.69, 9.17) is 0 Å². The molecule has 6 heteroatoms. The van der Waals surface area contributed by atoms with Gasteiger partial charge in [0.1, 0.15) is 5.82 Å². The van der Waals surface area contributed by atoms with Crippen molar-refractivity contribution in [3.05, 3.63) is 54.0 Å². The SMILES string of the molecule is OC(CNC1CCCN(c2cccnn2)C1)c1ccc(F)cc1. The Hall–Kier alpha value is -2.05. The standard InChI is InChI=1S/C17H21FN4O/c18-14-7-5-13(6-8-14)16(23)11-19-15-3-2-10-22(12-15)17-4-1-9-20-21-17/h1,4-9,15-16,19,23H,2-3,10-12H2. The molecule has 1 aliphatic rings. The second-order valence-electron chi connectivity index (χ2n) is 5.84. The highest BCUT2D eigenvalue weighted by molar-refractivity contribution is 5.37. The molecule has 122 valence electrons. The van der Waals surface area contributed by atoms with Crippen LogP contribution in [-0.4, -0.2) is 41.0 Å². The Bertz CT molecular complexity index is 608. The van der Waals surface area contributed by atoms with Gasteiger partial charge < -0.3 is 15.3 Å². The number of aliphatic hydroxyl groups is 1. The fraction of sp³-hybridized carbons (Fsp3) is 0.412. The fourth-order valence-electron chi connectivity index (χ4n) is 2.89. The van der Waals surface area contributed by atoms with Crippen molar-refractivity contribution in [2.24, 2.45) is 0 Å². The van der Waals surface area contributed by atoms with Crippen LogP contribution < -0.4 is 10.2 Å². The van der Waals surface area contributed by atoms with Crippen LogP contribution in [-0.2, 0) is 0 Å². The second kappa shape index (κ2) is 7.48. The second-order valence-corrected chi connectivity index (χ2v) is 5.84. The molecule has 2 heterocycles. The lowest BCUT2D eigenvalue weighted by molar-refractivity contribution is 0.168. The topological polar surface area (TPSA) is 61.3 Å². The van der Waals surface area contributed by atoms with E-state index in [0.717, 1.165) is 37.3 Å². The molecule has 1 aromatic carbocycles. The van der Waals surface area contributed by atoms with Gasteiger partial charge in [-0.05, 0) is 42.7 Å². The molecule has 2 unspecified atom stereocenters. The summed E-state index contributed by atoms with van der Waals surface area (Å²) in [4.78, 5) is 2.21. The van der Waals surface area contributed by atoms with Crippen LogP contribution in [0.15, 0.2) is 42.6 Å². The van der Waals surface area contributed by atoms with E-state index in [1.807, 2.05) is 12.1 Å². The first-order valence-corrected chi connectivity index (χ1v) is 7.92. The Balaban J connectivity index is 1.53. The molecule has 1 saturated heterocycles. The lowest BCUT2D eigenvalue weighted by Crippen LogP contribution is -2.47. The van der Waals surface area contributed by atoms with Gasteiger partial charge in [0.15, 0.2) is 5.82 Å². The van der Waals surface area contributed by atoms with Gasteiger partial charge in [0, 0.05) is 31.9 Å². The van der Waals surface area contributed by atoms with Gasteiger partial charge in [-0.2, -0.15) is 5.10 Å². The lowest BCUT2D eigenvalue weighted by Gasteiger charge is -2.34. The molecule has 0 aliphatic carbocycles. The summed E-state index contributed by atoms with van der Waals surface area (Å²) in [6.07, 6.45) is 3.17. The first-order valence-electron chi connectivity index (χ1n) is 7.92. The third-order valence-corrected chi connectivity index (χ3v) is 4.16. The fourth-order valence-corrected chi connectivity index (χ4v) is 2.89. The maximum Gasteiger partial charge on any atom is 0.151 e. The number of anilines is 1. The zero-order chi connectivity index (χ0) is 16.1. The molecule has 0 amide bonds. The highest BCUT2D eigenvalue weighted by atomic mass is 19.1. The lowest BCUT2D eigenvalue weighted by atomic mass is 10.0. The molecular weight excluding hydrogens is 295 g/mol. The number of hydrogen-bond acceptors (Lipinski definition) is 5.